The number of aromatic nitrogens is 4. The molecule has 8 nitrogen and oxygen atoms in total. The molecule has 21 heavy (non-hydrogen) atoms. The molecule has 0 saturated carbocycles. The van der Waals surface area contributed by atoms with Gasteiger partial charge in [0.15, 0.2) is 0 Å². The van der Waals surface area contributed by atoms with E-state index in [0.717, 1.165) is 11.4 Å². The fourth-order valence-electron chi connectivity index (χ4n) is 1.62. The van der Waals surface area contributed by atoms with Crippen molar-refractivity contribution in [3.63, 3.8) is 0 Å². The molecule has 0 aliphatic heterocycles. The third-order valence-electron chi connectivity index (χ3n) is 2.63. The largest absolute Gasteiger partial charge is 0.383 e. The van der Waals surface area contributed by atoms with Crippen LogP contribution in [0.2, 0.25) is 0 Å². The van der Waals surface area contributed by atoms with Crippen molar-refractivity contribution in [2.24, 2.45) is 0 Å². The predicted molar refractivity (Wildman–Crippen MR) is 78.2 cm³/mol. The molecule has 108 valence electrons. The second-order valence-corrected chi connectivity index (χ2v) is 4.01. The van der Waals surface area contributed by atoms with E-state index >= 15 is 0 Å². The molecule has 0 unspecified atom stereocenters. The van der Waals surface area contributed by atoms with Crippen molar-refractivity contribution in [1.82, 2.24) is 20.6 Å². The van der Waals surface area contributed by atoms with E-state index in [1.165, 1.54) is 0 Å². The summed E-state index contributed by atoms with van der Waals surface area (Å²) in [4.78, 5) is 0. The minimum absolute atomic E-state index is 0.245. The van der Waals surface area contributed by atoms with E-state index in [1.54, 1.807) is 13.3 Å². The first-order valence-corrected chi connectivity index (χ1v) is 6.27. The quantitative estimate of drug-likeness (QED) is 0.518. The van der Waals surface area contributed by atoms with Gasteiger partial charge in [-0.2, -0.15) is 10.5 Å². The molecule has 0 amide bonds. The lowest BCUT2D eigenvalue weighted by atomic mass is 10.2. The number of benzene rings is 1. The van der Waals surface area contributed by atoms with Crippen LogP contribution in [0.25, 0.3) is 5.57 Å². The standard InChI is InChI=1S/C13H15N7O/c1-21-7-6-15-11-4-2-3-5-12(11)16-9-10(8-14)13-17-19-20-18-13/h2-5,9,15-16H,6-7H2,1H3,(H,17,18,19,20). The first kappa shape index (κ1) is 14.5. The Labute approximate surface area is 121 Å². The summed E-state index contributed by atoms with van der Waals surface area (Å²) >= 11 is 0. The summed E-state index contributed by atoms with van der Waals surface area (Å²) in [5.41, 5.74) is 2.04. The molecule has 0 saturated heterocycles. The van der Waals surface area contributed by atoms with Crippen molar-refractivity contribution in [3.8, 4) is 6.07 Å². The molecular weight excluding hydrogens is 270 g/mol. The summed E-state index contributed by atoms with van der Waals surface area (Å²) in [7, 11) is 1.65. The molecule has 0 aliphatic rings. The number of methoxy groups -OCH3 is 1. The zero-order valence-electron chi connectivity index (χ0n) is 11.5. The monoisotopic (exact) mass is 285 g/mol. The van der Waals surface area contributed by atoms with Crippen LogP contribution in [-0.4, -0.2) is 40.9 Å². The van der Waals surface area contributed by atoms with Gasteiger partial charge in [-0.3, -0.25) is 0 Å². The lowest BCUT2D eigenvalue weighted by molar-refractivity contribution is 0.211. The van der Waals surface area contributed by atoms with Crippen LogP contribution in [0.5, 0.6) is 0 Å². The average molecular weight is 285 g/mol. The fraction of sp³-hybridized carbons (Fsp3) is 0.231. The Kier molecular flexibility index (Phi) is 5.25. The van der Waals surface area contributed by atoms with E-state index in [0.29, 0.717) is 13.2 Å². The number of nitrogens with one attached hydrogen (secondary N) is 3. The zero-order chi connectivity index (χ0) is 14.9. The first-order chi connectivity index (χ1) is 10.3. The maximum absolute atomic E-state index is 9.11. The average Bonchev–Trinajstić information content (AvgIpc) is 3.04. The number of anilines is 2. The number of allylic oxidation sites excluding steroid dienone is 1. The van der Waals surface area contributed by atoms with Crippen LogP contribution in [0.15, 0.2) is 30.5 Å². The first-order valence-electron chi connectivity index (χ1n) is 6.27. The molecule has 2 rings (SSSR count). The number of para-hydroxylation sites is 2. The second kappa shape index (κ2) is 7.62. The highest BCUT2D eigenvalue weighted by atomic mass is 16.5. The maximum atomic E-state index is 9.11. The number of tetrazole rings is 1. The van der Waals surface area contributed by atoms with E-state index in [1.807, 2.05) is 30.3 Å². The van der Waals surface area contributed by atoms with Gasteiger partial charge in [0.1, 0.15) is 11.6 Å². The number of H-pyrrole nitrogens is 1. The third-order valence-corrected chi connectivity index (χ3v) is 2.63. The van der Waals surface area contributed by atoms with Crippen LogP contribution in [0, 0.1) is 11.3 Å². The molecular formula is C13H15N7O. The maximum Gasteiger partial charge on any atom is 0.216 e. The van der Waals surface area contributed by atoms with Gasteiger partial charge >= 0.3 is 0 Å². The topological polar surface area (TPSA) is 112 Å². The number of hydrogen-bond donors (Lipinski definition) is 3. The molecule has 1 aromatic heterocycles. The minimum atomic E-state index is 0.245. The number of rotatable bonds is 7. The number of ether oxygens (including phenoxy) is 1. The molecule has 8 heteroatoms. The van der Waals surface area contributed by atoms with Gasteiger partial charge in [-0.25, -0.2) is 0 Å². The molecule has 1 heterocycles. The highest BCUT2D eigenvalue weighted by Crippen LogP contribution is 2.21. The van der Waals surface area contributed by atoms with Crippen molar-refractivity contribution in [2.45, 2.75) is 0 Å². The smallest absolute Gasteiger partial charge is 0.216 e. The second-order valence-electron chi connectivity index (χ2n) is 4.01. The van der Waals surface area contributed by atoms with Crippen molar-refractivity contribution in [3.05, 3.63) is 36.3 Å². The molecule has 2 aromatic rings. The van der Waals surface area contributed by atoms with Crippen molar-refractivity contribution in [2.75, 3.05) is 30.9 Å². The van der Waals surface area contributed by atoms with Gasteiger partial charge in [-0.05, 0) is 17.3 Å². The van der Waals surface area contributed by atoms with Crippen molar-refractivity contribution >= 4 is 16.9 Å². The van der Waals surface area contributed by atoms with E-state index in [-0.39, 0.29) is 11.4 Å². The highest BCUT2D eigenvalue weighted by molar-refractivity contribution is 5.77. The van der Waals surface area contributed by atoms with Gasteiger partial charge < -0.3 is 15.4 Å². The molecule has 0 radical (unpaired) electrons. The Hall–Kier alpha value is -2.92. The summed E-state index contributed by atoms with van der Waals surface area (Å²) in [5, 5.41) is 28.7. The highest BCUT2D eigenvalue weighted by Gasteiger charge is 2.06. The Morgan fingerprint density at radius 3 is 2.90 bits per heavy atom. The molecule has 0 atom stereocenters. The Morgan fingerprint density at radius 1 is 1.43 bits per heavy atom. The van der Waals surface area contributed by atoms with Gasteiger partial charge in [0, 0.05) is 19.9 Å². The lowest BCUT2D eigenvalue weighted by Crippen LogP contribution is -2.09. The Morgan fingerprint density at radius 2 is 2.24 bits per heavy atom. The van der Waals surface area contributed by atoms with Gasteiger partial charge in [-0.15, -0.1) is 10.2 Å². The number of nitrogens with zero attached hydrogens (tertiary/aromatic N) is 4. The number of aromatic amines is 1. The van der Waals surface area contributed by atoms with Gasteiger partial charge in [0.05, 0.1) is 18.0 Å². The molecule has 0 spiro atoms. The third kappa shape index (κ3) is 4.02. The number of hydrogen-bond acceptors (Lipinski definition) is 7. The van der Waals surface area contributed by atoms with E-state index in [2.05, 4.69) is 31.3 Å². The normalized spacial score (nSPS) is 11.0. The van der Waals surface area contributed by atoms with Crippen LogP contribution in [0.3, 0.4) is 0 Å². The van der Waals surface area contributed by atoms with E-state index < -0.39 is 0 Å². The molecule has 0 bridgehead atoms. The van der Waals surface area contributed by atoms with Gasteiger partial charge in [-0.1, -0.05) is 12.1 Å². The summed E-state index contributed by atoms with van der Waals surface area (Å²) < 4.78 is 5.00. The van der Waals surface area contributed by atoms with Gasteiger partial charge in [0.25, 0.3) is 0 Å². The SMILES string of the molecule is COCCNc1ccccc1NC=C(C#N)c1nn[nH]n1. The zero-order valence-corrected chi connectivity index (χ0v) is 11.5. The lowest BCUT2D eigenvalue weighted by Gasteiger charge is -2.11. The summed E-state index contributed by atoms with van der Waals surface area (Å²) in [6.45, 7) is 1.30. The summed E-state index contributed by atoms with van der Waals surface area (Å²) in [6, 6.07) is 9.68. The molecule has 3 N–H and O–H groups in total. The Balaban J connectivity index is 2.10. The van der Waals surface area contributed by atoms with Crippen LogP contribution < -0.4 is 10.6 Å². The molecule has 0 fully saturated rings. The van der Waals surface area contributed by atoms with Crippen LogP contribution in [0.4, 0.5) is 11.4 Å². The molecule has 1 aromatic carbocycles. The van der Waals surface area contributed by atoms with Gasteiger partial charge in [0.2, 0.25) is 5.82 Å². The van der Waals surface area contributed by atoms with Crippen molar-refractivity contribution in [1.29, 1.82) is 5.26 Å². The van der Waals surface area contributed by atoms with Crippen molar-refractivity contribution < 1.29 is 4.74 Å². The fourth-order valence-corrected chi connectivity index (χ4v) is 1.62. The van der Waals surface area contributed by atoms with E-state index in [4.69, 9.17) is 10.00 Å². The van der Waals surface area contributed by atoms with Crippen LogP contribution in [-0.2, 0) is 4.74 Å². The molecule has 0 aliphatic carbocycles. The summed E-state index contributed by atoms with van der Waals surface area (Å²) in [6.07, 6.45) is 1.54. The van der Waals surface area contributed by atoms with Crippen LogP contribution in [0.1, 0.15) is 5.82 Å². The minimum Gasteiger partial charge on any atom is -0.383 e. The Bertz CT molecular complexity index is 630. The van der Waals surface area contributed by atoms with E-state index in [9.17, 15) is 0 Å². The summed E-state index contributed by atoms with van der Waals surface area (Å²) in [5.74, 6) is 0.245. The van der Waals surface area contributed by atoms with Crippen LogP contribution >= 0.6 is 0 Å². The number of nitriles is 1. The predicted octanol–water partition coefficient (Wildman–Crippen LogP) is 1.23.